The first kappa shape index (κ1) is 30.7. The number of fused-ring (bicyclic) bond motifs is 1. The molecular formula is C26H28F7N7O3. The molecule has 0 aromatic carbocycles. The van der Waals surface area contributed by atoms with Gasteiger partial charge in [0.1, 0.15) is 11.7 Å². The molecule has 3 heterocycles. The van der Waals surface area contributed by atoms with Crippen LogP contribution < -0.4 is 10.6 Å². The van der Waals surface area contributed by atoms with Gasteiger partial charge < -0.3 is 10.6 Å². The van der Waals surface area contributed by atoms with Gasteiger partial charge in [-0.1, -0.05) is 5.16 Å². The van der Waals surface area contributed by atoms with E-state index in [1.54, 1.807) is 5.32 Å². The maximum atomic E-state index is 14.0. The van der Waals surface area contributed by atoms with E-state index in [1.165, 1.54) is 16.8 Å². The van der Waals surface area contributed by atoms with E-state index in [4.69, 9.17) is 4.63 Å². The zero-order valence-corrected chi connectivity index (χ0v) is 22.8. The molecule has 2 fully saturated rings. The lowest BCUT2D eigenvalue weighted by atomic mass is 9.81. The molecule has 3 aromatic rings. The maximum absolute atomic E-state index is 14.0. The van der Waals surface area contributed by atoms with Crippen LogP contribution in [0, 0.1) is 5.92 Å². The molecule has 0 aliphatic heterocycles. The van der Waals surface area contributed by atoms with Gasteiger partial charge in [0.2, 0.25) is 18.3 Å². The number of imidazole rings is 1. The summed E-state index contributed by atoms with van der Waals surface area (Å²) in [5, 5.41) is 16.2. The van der Waals surface area contributed by atoms with Crippen LogP contribution in [0.1, 0.15) is 97.2 Å². The molecule has 43 heavy (non-hydrogen) atoms. The predicted octanol–water partition coefficient (Wildman–Crippen LogP) is 5.09. The highest BCUT2D eigenvalue weighted by Crippen LogP contribution is 2.43. The van der Waals surface area contributed by atoms with Crippen molar-refractivity contribution in [2.24, 2.45) is 5.92 Å². The third-order valence-electron chi connectivity index (χ3n) is 7.87. The lowest BCUT2D eigenvalue weighted by Gasteiger charge is -2.33. The van der Waals surface area contributed by atoms with Gasteiger partial charge in [-0.15, -0.1) is 0 Å². The van der Waals surface area contributed by atoms with Crippen LogP contribution in [0.25, 0.3) is 5.65 Å². The van der Waals surface area contributed by atoms with Gasteiger partial charge in [-0.05, 0) is 55.3 Å². The molecule has 0 saturated heterocycles. The van der Waals surface area contributed by atoms with Crippen molar-refractivity contribution in [1.29, 1.82) is 0 Å². The quantitative estimate of drug-likeness (QED) is 0.303. The fourth-order valence-electron chi connectivity index (χ4n) is 5.24. The van der Waals surface area contributed by atoms with Crippen molar-refractivity contribution in [2.45, 2.75) is 94.3 Å². The van der Waals surface area contributed by atoms with E-state index in [0.29, 0.717) is 12.6 Å². The van der Waals surface area contributed by atoms with Crippen molar-refractivity contribution in [3.05, 3.63) is 41.1 Å². The second-order valence-corrected chi connectivity index (χ2v) is 11.1. The number of rotatable bonds is 10. The highest BCUT2D eigenvalue weighted by atomic mass is 19.4. The number of alkyl halides is 7. The normalized spacial score (nSPS) is 19.7. The lowest BCUT2D eigenvalue weighted by molar-refractivity contribution is -0.158. The second kappa shape index (κ2) is 11.7. The first-order valence-corrected chi connectivity index (χ1v) is 13.7. The molecule has 3 aromatic heterocycles. The number of hydrogen-bond donors (Lipinski definition) is 2. The van der Waals surface area contributed by atoms with E-state index in [0.717, 1.165) is 19.0 Å². The van der Waals surface area contributed by atoms with E-state index in [2.05, 4.69) is 25.7 Å². The molecule has 0 radical (unpaired) electrons. The van der Waals surface area contributed by atoms with Crippen LogP contribution in [0.3, 0.4) is 0 Å². The Bertz CT molecular complexity index is 1460. The van der Waals surface area contributed by atoms with Crippen molar-refractivity contribution in [3.63, 3.8) is 0 Å². The SMILES string of the molecule is CC(NC(=O)C(CC(F)F)c1cnn2cc(C(NC(=O)c3nonc3C3CC3)C3CCC(F)(F)CC3)nc2c1)C(F)(F)F. The van der Waals surface area contributed by atoms with Gasteiger partial charge in [0.25, 0.3) is 5.91 Å². The van der Waals surface area contributed by atoms with E-state index >= 15 is 0 Å². The smallest absolute Gasteiger partial charge is 0.344 e. The Morgan fingerprint density at radius 1 is 1.12 bits per heavy atom. The van der Waals surface area contributed by atoms with Gasteiger partial charge in [-0.2, -0.15) is 18.3 Å². The van der Waals surface area contributed by atoms with Crippen LogP contribution in [0.5, 0.6) is 0 Å². The number of amides is 2. The highest BCUT2D eigenvalue weighted by molar-refractivity contribution is 5.93. The summed E-state index contributed by atoms with van der Waals surface area (Å²) >= 11 is 0. The third-order valence-corrected chi connectivity index (χ3v) is 7.87. The van der Waals surface area contributed by atoms with Crippen molar-refractivity contribution >= 4 is 17.5 Å². The number of halogens is 7. The van der Waals surface area contributed by atoms with Crippen LogP contribution in [-0.4, -0.2) is 61.3 Å². The summed E-state index contributed by atoms with van der Waals surface area (Å²) in [6, 6.07) is -1.92. The second-order valence-electron chi connectivity index (χ2n) is 11.1. The monoisotopic (exact) mass is 619 g/mol. The largest absolute Gasteiger partial charge is 0.408 e. The maximum Gasteiger partial charge on any atom is 0.408 e. The summed E-state index contributed by atoms with van der Waals surface area (Å²) < 4.78 is 99.6. The molecule has 2 amide bonds. The summed E-state index contributed by atoms with van der Waals surface area (Å²) in [6.45, 7) is 0.692. The summed E-state index contributed by atoms with van der Waals surface area (Å²) in [5.41, 5.74) is 0.545. The number of hydrogen-bond acceptors (Lipinski definition) is 7. The van der Waals surface area contributed by atoms with Crippen molar-refractivity contribution in [2.75, 3.05) is 0 Å². The number of nitrogens with one attached hydrogen (secondary N) is 2. The van der Waals surface area contributed by atoms with Crippen LogP contribution in [0.4, 0.5) is 30.7 Å². The fourth-order valence-corrected chi connectivity index (χ4v) is 5.24. The van der Waals surface area contributed by atoms with Gasteiger partial charge in [0.15, 0.2) is 11.3 Å². The Hall–Kier alpha value is -3.79. The minimum atomic E-state index is -4.78. The van der Waals surface area contributed by atoms with Gasteiger partial charge in [0, 0.05) is 25.2 Å². The summed E-state index contributed by atoms with van der Waals surface area (Å²) in [5.74, 6) is -6.83. The summed E-state index contributed by atoms with van der Waals surface area (Å²) in [6.07, 6.45) is -5.42. The molecule has 2 aliphatic carbocycles. The van der Waals surface area contributed by atoms with Crippen LogP contribution >= 0.6 is 0 Å². The first-order valence-electron chi connectivity index (χ1n) is 13.7. The number of nitrogens with zero attached hydrogens (tertiary/aromatic N) is 5. The average molecular weight is 620 g/mol. The van der Waals surface area contributed by atoms with Crippen LogP contribution in [0.2, 0.25) is 0 Å². The van der Waals surface area contributed by atoms with Gasteiger partial charge in [-0.25, -0.2) is 31.7 Å². The molecule has 0 bridgehead atoms. The molecule has 234 valence electrons. The third kappa shape index (κ3) is 7.06. The Morgan fingerprint density at radius 2 is 1.81 bits per heavy atom. The van der Waals surface area contributed by atoms with Crippen molar-refractivity contribution < 1.29 is 45.0 Å². The molecule has 2 aliphatic rings. The summed E-state index contributed by atoms with van der Waals surface area (Å²) in [7, 11) is 0. The van der Waals surface area contributed by atoms with Gasteiger partial charge >= 0.3 is 6.18 Å². The van der Waals surface area contributed by atoms with Gasteiger partial charge in [-0.3, -0.25) is 9.59 Å². The van der Waals surface area contributed by atoms with Crippen molar-refractivity contribution in [1.82, 2.24) is 35.5 Å². The van der Waals surface area contributed by atoms with E-state index in [9.17, 15) is 40.3 Å². The van der Waals surface area contributed by atoms with Crippen LogP contribution in [-0.2, 0) is 4.79 Å². The minimum absolute atomic E-state index is 0.0215. The Kier molecular flexibility index (Phi) is 8.35. The van der Waals surface area contributed by atoms with E-state index < -0.39 is 73.5 Å². The Balaban J connectivity index is 1.44. The van der Waals surface area contributed by atoms with E-state index in [-0.39, 0.29) is 41.4 Å². The number of carbonyl (C=O) groups excluding carboxylic acids is 2. The topological polar surface area (TPSA) is 127 Å². The lowest BCUT2D eigenvalue weighted by Crippen LogP contribution is -2.45. The fraction of sp³-hybridized carbons (Fsp3) is 0.615. The zero-order chi connectivity index (χ0) is 31.1. The Morgan fingerprint density at radius 3 is 2.44 bits per heavy atom. The molecule has 2 N–H and O–H groups in total. The summed E-state index contributed by atoms with van der Waals surface area (Å²) in [4.78, 5) is 30.3. The average Bonchev–Trinajstić information content (AvgIpc) is 3.49. The predicted molar refractivity (Wildman–Crippen MR) is 133 cm³/mol. The minimum Gasteiger partial charge on any atom is -0.344 e. The molecule has 10 nitrogen and oxygen atoms in total. The standard InChI is InChI=1S/C26H28F7N7O3/c1-12(26(31,32)33)35-23(41)16(9-18(27)28)15-8-19-36-17(11-40(19)34-10-15)20(14-4-6-25(29,30)7-5-14)37-24(42)22-21(13-2-3-13)38-43-39-22/h8,10-14,16,18,20H,2-7,9H2,1H3,(H,35,41)(H,37,42). The first-order chi connectivity index (χ1) is 20.2. The molecule has 2 saturated carbocycles. The molecule has 17 heteroatoms. The molecule has 0 spiro atoms. The molecule has 3 atom stereocenters. The molecular weight excluding hydrogens is 591 g/mol. The Labute approximate surface area is 239 Å². The highest BCUT2D eigenvalue weighted by Gasteiger charge is 2.41. The molecule has 5 rings (SSSR count). The number of aromatic nitrogens is 5. The molecule has 3 unspecified atom stereocenters. The number of carbonyl (C=O) groups is 2. The van der Waals surface area contributed by atoms with E-state index in [1.807, 2.05) is 0 Å². The zero-order valence-electron chi connectivity index (χ0n) is 22.8. The van der Waals surface area contributed by atoms with Crippen LogP contribution in [0.15, 0.2) is 23.1 Å². The van der Waals surface area contributed by atoms with Gasteiger partial charge in [0.05, 0.1) is 30.0 Å². The van der Waals surface area contributed by atoms with Crippen molar-refractivity contribution in [3.8, 4) is 0 Å².